The molecule has 4 aliphatic heterocycles. The Bertz CT molecular complexity index is 2490. The van der Waals surface area contributed by atoms with Gasteiger partial charge in [0, 0.05) is 57.0 Å². The van der Waals surface area contributed by atoms with E-state index in [0.717, 1.165) is 56.6 Å². The van der Waals surface area contributed by atoms with Gasteiger partial charge < -0.3 is 8.85 Å². The molecular formula is C38H30N8O2Si. The first-order valence-corrected chi connectivity index (χ1v) is 18.4. The van der Waals surface area contributed by atoms with Crippen LogP contribution >= 0.6 is 0 Å². The summed E-state index contributed by atoms with van der Waals surface area (Å²) in [6.45, 7) is 5.09. The molecule has 6 aromatic rings. The lowest BCUT2D eigenvalue weighted by atomic mass is 10.1. The minimum absolute atomic E-state index is 0.437. The third-order valence-electron chi connectivity index (χ3n) is 9.31. The zero-order valence-corrected chi connectivity index (χ0v) is 28.0. The van der Waals surface area contributed by atoms with Crippen LogP contribution in [0.2, 0.25) is 0 Å². The number of hydrogen-bond donors (Lipinski definition) is 0. The summed E-state index contributed by atoms with van der Waals surface area (Å²) in [4.78, 5) is 31.8. The summed E-state index contributed by atoms with van der Waals surface area (Å²) in [5.74, 6) is 3.66. The smallest absolute Gasteiger partial charge is 0.361 e. The van der Waals surface area contributed by atoms with Crippen LogP contribution < -0.4 is 11.0 Å². The van der Waals surface area contributed by atoms with Gasteiger partial charge in [0.05, 0.1) is 0 Å². The van der Waals surface area contributed by atoms with Gasteiger partial charge >= 0.3 is 8.88 Å². The van der Waals surface area contributed by atoms with Crippen LogP contribution in [-0.4, -0.2) is 53.9 Å². The molecule has 0 saturated heterocycles. The summed E-state index contributed by atoms with van der Waals surface area (Å²) in [6.07, 6.45) is 1.55. The molecule has 0 saturated carbocycles. The minimum Gasteiger partial charge on any atom is -0.361 e. The van der Waals surface area contributed by atoms with Crippen molar-refractivity contribution in [3.05, 3.63) is 130 Å². The molecule has 0 unspecified atom stereocenters. The highest BCUT2D eigenvalue weighted by molar-refractivity contribution is 6.66. The van der Waals surface area contributed by atoms with E-state index in [1.807, 2.05) is 48.5 Å². The van der Waals surface area contributed by atoms with Gasteiger partial charge in [-0.25, -0.2) is 30.0 Å². The highest BCUT2D eigenvalue weighted by Crippen LogP contribution is 2.43. The second kappa shape index (κ2) is 10.7. The first-order chi connectivity index (χ1) is 24.2. The molecule has 10 nitrogen and oxygen atoms in total. The third kappa shape index (κ3) is 3.94. The Morgan fingerprint density at radius 3 is 1.22 bits per heavy atom. The number of amidine groups is 4. The van der Waals surface area contributed by atoms with Crippen molar-refractivity contribution >= 4 is 65.4 Å². The molecule has 11 heteroatoms. The average Bonchev–Trinajstić information content (AvgIpc) is 3.86. The van der Waals surface area contributed by atoms with E-state index in [0.29, 0.717) is 59.2 Å². The zero-order chi connectivity index (χ0) is 32.7. The first-order valence-electron chi connectivity index (χ1n) is 16.7. The van der Waals surface area contributed by atoms with Gasteiger partial charge in [0.25, 0.3) is 0 Å². The number of fused-ring (bicyclic) bond motifs is 14. The number of hydrogen-bond acceptors (Lipinski definition) is 8. The number of benzene rings is 4. The molecule has 10 rings (SSSR count). The summed E-state index contributed by atoms with van der Waals surface area (Å²) >= 11 is 0. The fraction of sp³-hybridized carbons (Fsp3) is 0.158. The van der Waals surface area contributed by atoms with Crippen LogP contribution in [0.1, 0.15) is 48.9 Å². The van der Waals surface area contributed by atoms with E-state index < -0.39 is 8.88 Å². The number of aliphatic imine (C=N–C) groups is 4. The molecule has 6 heterocycles. The summed E-state index contributed by atoms with van der Waals surface area (Å²) in [6, 6.07) is 32.7. The lowest BCUT2D eigenvalue weighted by Crippen LogP contribution is -2.64. The molecular weight excluding hydrogens is 629 g/mol. The lowest BCUT2D eigenvalue weighted by molar-refractivity contribution is 0.148. The molecule has 0 atom stereocenters. The van der Waals surface area contributed by atoms with Gasteiger partial charge in [0.1, 0.15) is 22.6 Å². The molecule has 4 aromatic carbocycles. The van der Waals surface area contributed by atoms with E-state index >= 15 is 0 Å². The van der Waals surface area contributed by atoms with Crippen molar-refractivity contribution in [2.75, 3.05) is 13.2 Å². The zero-order valence-electron chi connectivity index (χ0n) is 27.0. The quantitative estimate of drug-likeness (QED) is 0.198. The highest BCUT2D eigenvalue weighted by atomic mass is 28.4. The maximum absolute atomic E-state index is 7.26. The van der Waals surface area contributed by atoms with Crippen LogP contribution in [0.4, 0.5) is 11.6 Å². The van der Waals surface area contributed by atoms with Crippen LogP contribution in [0.5, 0.6) is 0 Å². The molecule has 0 N–H and O–H groups in total. The molecule has 0 amide bonds. The predicted molar refractivity (Wildman–Crippen MR) is 194 cm³/mol. The fourth-order valence-corrected chi connectivity index (χ4v) is 10.7. The van der Waals surface area contributed by atoms with Gasteiger partial charge in [-0.1, -0.05) is 111 Å². The van der Waals surface area contributed by atoms with E-state index in [-0.39, 0.29) is 0 Å². The Morgan fingerprint density at radius 2 is 0.816 bits per heavy atom. The molecule has 0 radical (unpaired) electrons. The van der Waals surface area contributed by atoms with Crippen molar-refractivity contribution in [3.8, 4) is 0 Å². The molecule has 0 spiro atoms. The highest BCUT2D eigenvalue weighted by Gasteiger charge is 2.52. The third-order valence-corrected chi connectivity index (χ3v) is 12.4. The van der Waals surface area contributed by atoms with Gasteiger partial charge in [-0.3, -0.25) is 8.47 Å². The monoisotopic (exact) mass is 658 g/mol. The van der Waals surface area contributed by atoms with E-state index in [1.165, 1.54) is 0 Å². The van der Waals surface area contributed by atoms with Gasteiger partial charge in [-0.2, -0.15) is 0 Å². The molecule has 4 aliphatic rings. The van der Waals surface area contributed by atoms with Crippen LogP contribution in [0.15, 0.2) is 127 Å². The Morgan fingerprint density at radius 1 is 0.449 bits per heavy atom. The second-order valence-electron chi connectivity index (χ2n) is 12.4. The standard InChI is InChI=1S/C38H30N8O2Si/c1-3-21-47-49(48-22-4-2)45-35-27-17-9-10-18-28(27)37(45)43-33-25-15-7-8-16-26(25)34(40-33)44-38-30-20-12-11-19-29(30)36(46(38)49)42-32-24-14-6-5-13-23(24)31(39-32)41-35/h5-20H,3-4,21-22H2,1-2H3/b41-31-,41-35?,42-32?,42-36-,43-33-,43-37?,44-34?,44-38-. The van der Waals surface area contributed by atoms with Crippen molar-refractivity contribution in [3.63, 3.8) is 0 Å². The first kappa shape index (κ1) is 28.4. The molecule has 6 bridgehead atoms. The SMILES string of the molecule is CCCO[Si]1(OCCC)n2c3c4ccccc4c2/N=C2N=C(/N=c4/c5ccccc5/c(n41)=N/C1=NC(=N\3)/c3ccccc31)c1ccccc1\2. The van der Waals surface area contributed by atoms with Crippen molar-refractivity contribution < 1.29 is 8.85 Å². The summed E-state index contributed by atoms with van der Waals surface area (Å²) in [5, 5.41) is 3.65. The van der Waals surface area contributed by atoms with Gasteiger partial charge in [0.2, 0.25) is 0 Å². The van der Waals surface area contributed by atoms with Crippen molar-refractivity contribution in [2.24, 2.45) is 30.0 Å². The van der Waals surface area contributed by atoms with Gasteiger partial charge in [-0.15, -0.1) is 0 Å². The van der Waals surface area contributed by atoms with Crippen LogP contribution in [0.3, 0.4) is 0 Å². The maximum Gasteiger partial charge on any atom is 0.603 e. The molecule has 0 fully saturated rings. The number of aromatic nitrogens is 2. The molecule has 0 aliphatic carbocycles. The Kier molecular flexibility index (Phi) is 6.20. The van der Waals surface area contributed by atoms with E-state index in [1.54, 1.807) is 0 Å². The Hall–Kier alpha value is -5.62. The van der Waals surface area contributed by atoms with Crippen LogP contribution in [0.25, 0.3) is 21.5 Å². The second-order valence-corrected chi connectivity index (χ2v) is 14.9. The lowest BCUT2D eigenvalue weighted by Gasteiger charge is -2.33. The Labute approximate surface area is 282 Å². The molecule has 49 heavy (non-hydrogen) atoms. The van der Waals surface area contributed by atoms with Crippen LogP contribution in [-0.2, 0) is 8.85 Å². The molecule has 2 aromatic heterocycles. The minimum atomic E-state index is -3.93. The summed E-state index contributed by atoms with van der Waals surface area (Å²) < 4.78 is 18.8. The van der Waals surface area contributed by atoms with Crippen molar-refractivity contribution in [1.82, 2.24) is 8.47 Å². The van der Waals surface area contributed by atoms with Gasteiger partial charge in [-0.05, 0) is 12.8 Å². The van der Waals surface area contributed by atoms with Crippen molar-refractivity contribution in [1.29, 1.82) is 0 Å². The Balaban J connectivity index is 1.53. The number of rotatable bonds is 6. The maximum atomic E-state index is 7.26. The largest absolute Gasteiger partial charge is 0.603 e. The van der Waals surface area contributed by atoms with Crippen LogP contribution in [0, 0.1) is 0 Å². The topological polar surface area (TPSA) is 102 Å². The summed E-state index contributed by atoms with van der Waals surface area (Å²) in [7, 11) is -3.93. The van der Waals surface area contributed by atoms with Crippen molar-refractivity contribution in [2.45, 2.75) is 26.7 Å². The number of nitrogens with zero attached hydrogens (tertiary/aromatic N) is 8. The van der Waals surface area contributed by atoms with Gasteiger partial charge in [0.15, 0.2) is 23.3 Å². The predicted octanol–water partition coefficient (Wildman–Crippen LogP) is 6.22. The van der Waals surface area contributed by atoms with E-state index in [2.05, 4.69) is 70.8 Å². The normalized spacial score (nSPS) is 19.7. The molecule has 238 valence electrons. The van der Waals surface area contributed by atoms with E-state index in [4.69, 9.17) is 38.8 Å². The summed E-state index contributed by atoms with van der Waals surface area (Å²) in [5.41, 5.74) is 4.99. The van der Waals surface area contributed by atoms with E-state index in [9.17, 15) is 0 Å². The average molecular weight is 659 g/mol. The fourth-order valence-electron chi connectivity index (χ4n) is 7.20.